The van der Waals surface area contributed by atoms with Gasteiger partial charge in [-0.3, -0.25) is 14.6 Å². The van der Waals surface area contributed by atoms with Crippen molar-refractivity contribution >= 4 is 11.8 Å². The fraction of sp³-hybridized carbons (Fsp3) is 0.429. The summed E-state index contributed by atoms with van der Waals surface area (Å²) in [5.41, 5.74) is 1.98. The molecule has 2 aromatic rings. The number of aryl methyl sites for hydroxylation is 1. The predicted octanol–water partition coefficient (Wildman–Crippen LogP) is 2.46. The van der Waals surface area contributed by atoms with Crippen molar-refractivity contribution in [2.24, 2.45) is 0 Å². The molecule has 1 aromatic carbocycles. The largest absolute Gasteiger partial charge is 0.454 e. The highest BCUT2D eigenvalue weighted by Gasteiger charge is 2.18. The molecule has 0 spiro atoms. The van der Waals surface area contributed by atoms with Crippen LogP contribution in [-0.2, 0) is 11.3 Å². The molecular formula is C21H26N4O4. The second-order valence-electron chi connectivity index (χ2n) is 6.90. The fourth-order valence-electron chi connectivity index (χ4n) is 2.91. The van der Waals surface area contributed by atoms with E-state index in [0.29, 0.717) is 36.8 Å². The van der Waals surface area contributed by atoms with Gasteiger partial charge >= 0.3 is 0 Å². The fourth-order valence-corrected chi connectivity index (χ4v) is 2.91. The zero-order valence-corrected chi connectivity index (χ0v) is 16.8. The van der Waals surface area contributed by atoms with Gasteiger partial charge in [-0.25, -0.2) is 4.98 Å². The normalized spacial score (nSPS) is 11.9. The van der Waals surface area contributed by atoms with Gasteiger partial charge in [-0.2, -0.15) is 0 Å². The van der Waals surface area contributed by atoms with Gasteiger partial charge in [0.05, 0.1) is 11.9 Å². The van der Waals surface area contributed by atoms with E-state index in [-0.39, 0.29) is 25.0 Å². The molecule has 0 unspecified atom stereocenters. The van der Waals surface area contributed by atoms with Gasteiger partial charge in [-0.15, -0.1) is 0 Å². The second-order valence-corrected chi connectivity index (χ2v) is 6.90. The first kappa shape index (κ1) is 20.6. The van der Waals surface area contributed by atoms with Gasteiger partial charge in [0.25, 0.3) is 5.91 Å². The lowest BCUT2D eigenvalue weighted by atomic mass is 10.2. The summed E-state index contributed by atoms with van der Waals surface area (Å²) in [6.07, 6.45) is 5.10. The summed E-state index contributed by atoms with van der Waals surface area (Å²) in [5.74, 6) is 1.08. The Balaban J connectivity index is 1.52. The molecule has 1 aliphatic heterocycles. The number of hydrogen-bond donors (Lipinski definition) is 1. The van der Waals surface area contributed by atoms with Crippen molar-refractivity contribution in [3.8, 4) is 11.5 Å². The molecule has 0 bridgehead atoms. The molecule has 29 heavy (non-hydrogen) atoms. The second kappa shape index (κ2) is 9.86. The van der Waals surface area contributed by atoms with E-state index in [1.165, 1.54) is 6.20 Å². The third-order valence-corrected chi connectivity index (χ3v) is 4.60. The summed E-state index contributed by atoms with van der Waals surface area (Å²) >= 11 is 0. The zero-order chi connectivity index (χ0) is 20.6. The average Bonchev–Trinajstić information content (AvgIpc) is 3.20. The molecule has 0 aliphatic carbocycles. The number of carbonyl (C=O) groups is 2. The van der Waals surface area contributed by atoms with Gasteiger partial charge in [-0.05, 0) is 31.0 Å². The number of aromatic nitrogens is 2. The van der Waals surface area contributed by atoms with Gasteiger partial charge < -0.3 is 19.7 Å². The molecule has 1 N–H and O–H groups in total. The third kappa shape index (κ3) is 5.66. The molecule has 8 heteroatoms. The van der Waals surface area contributed by atoms with E-state index >= 15 is 0 Å². The van der Waals surface area contributed by atoms with Crippen LogP contribution in [0.1, 0.15) is 47.9 Å². The number of unbranched alkanes of at least 4 members (excludes halogenated alkanes) is 1. The van der Waals surface area contributed by atoms with Crippen LogP contribution in [0.25, 0.3) is 0 Å². The Morgan fingerprint density at radius 1 is 1.14 bits per heavy atom. The van der Waals surface area contributed by atoms with Crippen molar-refractivity contribution in [3.63, 3.8) is 0 Å². The van der Waals surface area contributed by atoms with Crippen LogP contribution in [-0.4, -0.2) is 46.6 Å². The van der Waals surface area contributed by atoms with Crippen molar-refractivity contribution in [2.45, 2.75) is 39.7 Å². The van der Waals surface area contributed by atoms with Gasteiger partial charge in [0, 0.05) is 32.3 Å². The van der Waals surface area contributed by atoms with Crippen LogP contribution in [0.5, 0.6) is 11.5 Å². The summed E-state index contributed by atoms with van der Waals surface area (Å²) in [7, 11) is 0. The van der Waals surface area contributed by atoms with Crippen molar-refractivity contribution in [1.82, 2.24) is 20.2 Å². The number of carbonyl (C=O) groups excluding carboxylic acids is 2. The summed E-state index contributed by atoms with van der Waals surface area (Å²) in [5, 5.41) is 2.89. The van der Waals surface area contributed by atoms with Gasteiger partial charge in [0.2, 0.25) is 12.7 Å². The first-order valence-electron chi connectivity index (χ1n) is 9.80. The highest BCUT2D eigenvalue weighted by Crippen LogP contribution is 2.32. The van der Waals surface area contributed by atoms with Crippen molar-refractivity contribution in [1.29, 1.82) is 0 Å². The molecule has 0 atom stereocenters. The van der Waals surface area contributed by atoms with Gasteiger partial charge in [0.1, 0.15) is 5.69 Å². The van der Waals surface area contributed by atoms with Crippen molar-refractivity contribution in [2.75, 3.05) is 19.9 Å². The molecule has 0 radical (unpaired) electrons. The molecule has 1 aliphatic rings. The third-order valence-electron chi connectivity index (χ3n) is 4.60. The first-order chi connectivity index (χ1) is 14.1. The van der Waals surface area contributed by atoms with E-state index in [9.17, 15) is 9.59 Å². The Bertz CT molecular complexity index is 854. The Morgan fingerprint density at radius 3 is 2.72 bits per heavy atom. The maximum atomic E-state index is 12.7. The lowest BCUT2D eigenvalue weighted by Crippen LogP contribution is -2.36. The number of rotatable bonds is 9. The molecule has 0 saturated heterocycles. The van der Waals surface area contributed by atoms with E-state index < -0.39 is 0 Å². The Labute approximate surface area is 170 Å². The molecule has 1 aromatic heterocycles. The molecule has 154 valence electrons. The highest BCUT2D eigenvalue weighted by atomic mass is 16.7. The Morgan fingerprint density at radius 2 is 1.97 bits per heavy atom. The minimum absolute atomic E-state index is 0.119. The quantitative estimate of drug-likeness (QED) is 0.697. The van der Waals surface area contributed by atoms with Crippen LogP contribution in [0.3, 0.4) is 0 Å². The van der Waals surface area contributed by atoms with E-state index in [1.807, 2.05) is 25.1 Å². The minimum Gasteiger partial charge on any atom is -0.454 e. The lowest BCUT2D eigenvalue weighted by molar-refractivity contribution is -0.121. The van der Waals surface area contributed by atoms with E-state index in [2.05, 4.69) is 22.2 Å². The van der Waals surface area contributed by atoms with Crippen LogP contribution in [0, 0.1) is 6.92 Å². The zero-order valence-electron chi connectivity index (χ0n) is 16.8. The van der Waals surface area contributed by atoms with Gasteiger partial charge in [0.15, 0.2) is 11.5 Å². The molecule has 0 fully saturated rings. The van der Waals surface area contributed by atoms with Crippen LogP contribution in [0.15, 0.2) is 30.6 Å². The van der Waals surface area contributed by atoms with Gasteiger partial charge in [-0.1, -0.05) is 19.4 Å². The number of fused-ring (bicyclic) bond motifs is 1. The molecule has 3 rings (SSSR count). The molecule has 8 nitrogen and oxygen atoms in total. The maximum absolute atomic E-state index is 12.7. The van der Waals surface area contributed by atoms with E-state index in [0.717, 1.165) is 24.1 Å². The molecule has 0 saturated carbocycles. The summed E-state index contributed by atoms with van der Waals surface area (Å²) < 4.78 is 10.6. The van der Waals surface area contributed by atoms with Crippen LogP contribution in [0.4, 0.5) is 0 Å². The Kier molecular flexibility index (Phi) is 6.99. The number of nitrogens with zero attached hydrogens (tertiary/aromatic N) is 3. The standard InChI is InChI=1S/C21H26N4O4/c1-3-4-8-25(21(27)17-13-22-15(2)11-23-17)9-7-20(26)24-12-16-5-6-18-19(10-16)29-14-28-18/h5-6,10-11,13H,3-4,7-9,12,14H2,1-2H3,(H,24,26). The lowest BCUT2D eigenvalue weighted by Gasteiger charge is -2.22. The smallest absolute Gasteiger partial charge is 0.274 e. The number of amides is 2. The molecular weight excluding hydrogens is 372 g/mol. The first-order valence-corrected chi connectivity index (χ1v) is 9.80. The maximum Gasteiger partial charge on any atom is 0.274 e. The van der Waals surface area contributed by atoms with E-state index in [1.54, 1.807) is 11.1 Å². The molecule has 2 amide bonds. The number of ether oxygens (including phenoxy) is 2. The summed E-state index contributed by atoms with van der Waals surface area (Å²) in [6.45, 7) is 5.41. The topological polar surface area (TPSA) is 93.7 Å². The highest BCUT2D eigenvalue weighted by molar-refractivity contribution is 5.92. The molecule has 2 heterocycles. The number of hydrogen-bond acceptors (Lipinski definition) is 6. The Hall–Kier alpha value is -3.16. The monoisotopic (exact) mass is 398 g/mol. The van der Waals surface area contributed by atoms with Crippen LogP contribution >= 0.6 is 0 Å². The summed E-state index contributed by atoms with van der Waals surface area (Å²) in [6, 6.07) is 5.58. The summed E-state index contributed by atoms with van der Waals surface area (Å²) in [4.78, 5) is 35.0. The minimum atomic E-state index is -0.200. The van der Waals surface area contributed by atoms with Crippen LogP contribution < -0.4 is 14.8 Å². The number of benzene rings is 1. The van der Waals surface area contributed by atoms with Crippen molar-refractivity contribution in [3.05, 3.63) is 47.5 Å². The van der Waals surface area contributed by atoms with Crippen molar-refractivity contribution < 1.29 is 19.1 Å². The van der Waals surface area contributed by atoms with E-state index in [4.69, 9.17) is 9.47 Å². The SMILES string of the molecule is CCCCN(CCC(=O)NCc1ccc2c(c1)OCO2)C(=O)c1cnc(C)cn1. The predicted molar refractivity (Wildman–Crippen MR) is 107 cm³/mol. The van der Waals surface area contributed by atoms with Crippen LogP contribution in [0.2, 0.25) is 0 Å². The average molecular weight is 398 g/mol. The number of nitrogens with one attached hydrogen (secondary N) is 1.